The van der Waals surface area contributed by atoms with E-state index in [1.54, 1.807) is 0 Å². The van der Waals surface area contributed by atoms with Crippen LogP contribution in [0.15, 0.2) is 5.38 Å². The number of nitrogens with zero attached hydrogens (tertiary/aromatic N) is 2. The van der Waals surface area contributed by atoms with Crippen molar-refractivity contribution in [2.45, 2.75) is 18.8 Å². The van der Waals surface area contributed by atoms with Crippen LogP contribution in [0.5, 0.6) is 0 Å². The van der Waals surface area contributed by atoms with E-state index < -0.39 is 0 Å². The molecule has 0 radical (unpaired) electrons. The summed E-state index contributed by atoms with van der Waals surface area (Å²) in [6.45, 7) is 4.30. The lowest BCUT2D eigenvalue weighted by molar-refractivity contribution is -0.117. The zero-order valence-electron chi connectivity index (χ0n) is 10.3. The molecule has 1 aliphatic heterocycles. The summed E-state index contributed by atoms with van der Waals surface area (Å²) >= 11 is 1.53. The number of piperazine rings is 1. The third-order valence-electron chi connectivity index (χ3n) is 3.34. The molecular formula is C12H18N4OS. The fourth-order valence-corrected chi connectivity index (χ4v) is 2.95. The molecule has 1 saturated carbocycles. The molecule has 1 aromatic rings. The minimum absolute atomic E-state index is 0.0496. The molecule has 0 atom stereocenters. The number of amides is 1. The summed E-state index contributed by atoms with van der Waals surface area (Å²) < 4.78 is 0. The third kappa shape index (κ3) is 3.07. The van der Waals surface area contributed by atoms with Gasteiger partial charge in [0.15, 0.2) is 5.13 Å². The summed E-state index contributed by atoms with van der Waals surface area (Å²) in [6, 6.07) is 0. The van der Waals surface area contributed by atoms with Crippen molar-refractivity contribution in [3.63, 3.8) is 0 Å². The largest absolute Gasteiger partial charge is 0.314 e. The maximum Gasteiger partial charge on any atom is 0.240 e. The van der Waals surface area contributed by atoms with Crippen LogP contribution in [0, 0.1) is 0 Å². The van der Waals surface area contributed by atoms with Gasteiger partial charge in [-0.2, -0.15) is 0 Å². The normalized spacial score (nSPS) is 20.9. The van der Waals surface area contributed by atoms with Gasteiger partial charge in [-0.1, -0.05) is 0 Å². The second-order valence-corrected chi connectivity index (χ2v) is 5.78. The van der Waals surface area contributed by atoms with Gasteiger partial charge in [0.1, 0.15) is 0 Å². The number of nitrogens with one attached hydrogen (secondary N) is 2. The average Bonchev–Trinajstić information content (AvgIpc) is 3.12. The fourth-order valence-electron chi connectivity index (χ4n) is 2.14. The first-order chi connectivity index (χ1) is 8.81. The Balaban J connectivity index is 1.49. The van der Waals surface area contributed by atoms with Gasteiger partial charge in [-0.25, -0.2) is 4.98 Å². The van der Waals surface area contributed by atoms with Gasteiger partial charge in [-0.3, -0.25) is 9.69 Å². The van der Waals surface area contributed by atoms with Gasteiger partial charge in [0.05, 0.1) is 12.2 Å². The highest BCUT2D eigenvalue weighted by molar-refractivity contribution is 7.13. The number of hydrogen-bond donors (Lipinski definition) is 2. The van der Waals surface area contributed by atoms with Crippen LogP contribution in [0.2, 0.25) is 0 Å². The number of carbonyl (C=O) groups is 1. The highest BCUT2D eigenvalue weighted by atomic mass is 32.1. The number of anilines is 1. The molecule has 3 rings (SSSR count). The van der Waals surface area contributed by atoms with Crippen LogP contribution < -0.4 is 10.6 Å². The van der Waals surface area contributed by atoms with E-state index in [9.17, 15) is 4.79 Å². The Morgan fingerprint density at radius 1 is 1.50 bits per heavy atom. The van der Waals surface area contributed by atoms with Crippen LogP contribution in [0.4, 0.5) is 5.13 Å². The minimum atomic E-state index is 0.0496. The highest BCUT2D eigenvalue weighted by Gasteiger charge is 2.26. The van der Waals surface area contributed by atoms with Crippen molar-refractivity contribution in [2.24, 2.45) is 0 Å². The van der Waals surface area contributed by atoms with Crippen molar-refractivity contribution in [3.05, 3.63) is 11.1 Å². The predicted molar refractivity (Wildman–Crippen MR) is 72.0 cm³/mol. The van der Waals surface area contributed by atoms with Crippen molar-refractivity contribution in [2.75, 3.05) is 38.0 Å². The Morgan fingerprint density at radius 3 is 3.00 bits per heavy atom. The Labute approximate surface area is 111 Å². The first-order valence-electron chi connectivity index (χ1n) is 6.49. The van der Waals surface area contributed by atoms with Gasteiger partial charge in [0, 0.05) is 37.5 Å². The van der Waals surface area contributed by atoms with E-state index in [4.69, 9.17) is 0 Å². The van der Waals surface area contributed by atoms with Crippen LogP contribution in [-0.4, -0.2) is 48.5 Å². The molecular weight excluding hydrogens is 248 g/mol. The Hall–Kier alpha value is -0.980. The van der Waals surface area contributed by atoms with Crippen molar-refractivity contribution in [3.8, 4) is 0 Å². The average molecular weight is 266 g/mol. The van der Waals surface area contributed by atoms with E-state index in [1.165, 1.54) is 24.2 Å². The van der Waals surface area contributed by atoms with Crippen molar-refractivity contribution in [1.29, 1.82) is 0 Å². The Morgan fingerprint density at radius 2 is 2.28 bits per heavy atom. The lowest BCUT2D eigenvalue weighted by Gasteiger charge is -2.26. The summed E-state index contributed by atoms with van der Waals surface area (Å²) in [5.74, 6) is 0.702. The molecule has 98 valence electrons. The van der Waals surface area contributed by atoms with Gasteiger partial charge in [-0.05, 0) is 12.8 Å². The van der Waals surface area contributed by atoms with Crippen LogP contribution in [-0.2, 0) is 4.79 Å². The van der Waals surface area contributed by atoms with E-state index in [0.717, 1.165) is 37.0 Å². The smallest absolute Gasteiger partial charge is 0.240 e. The molecule has 1 aromatic heterocycles. The molecule has 2 N–H and O–H groups in total. The molecule has 1 amide bonds. The van der Waals surface area contributed by atoms with E-state index in [1.807, 2.05) is 0 Å². The lowest BCUT2D eigenvalue weighted by Crippen LogP contribution is -2.46. The monoisotopic (exact) mass is 266 g/mol. The van der Waals surface area contributed by atoms with E-state index in [2.05, 4.69) is 25.9 Å². The quantitative estimate of drug-likeness (QED) is 0.849. The van der Waals surface area contributed by atoms with Gasteiger partial charge >= 0.3 is 0 Å². The van der Waals surface area contributed by atoms with Crippen LogP contribution >= 0.6 is 11.3 Å². The molecule has 6 heteroatoms. The first-order valence-corrected chi connectivity index (χ1v) is 7.37. The minimum Gasteiger partial charge on any atom is -0.314 e. The van der Waals surface area contributed by atoms with Gasteiger partial charge < -0.3 is 10.6 Å². The van der Waals surface area contributed by atoms with E-state index in [0.29, 0.717) is 12.5 Å². The van der Waals surface area contributed by atoms with E-state index >= 15 is 0 Å². The molecule has 0 bridgehead atoms. The number of rotatable bonds is 4. The maximum absolute atomic E-state index is 11.9. The topological polar surface area (TPSA) is 57.3 Å². The highest BCUT2D eigenvalue weighted by Crippen LogP contribution is 2.40. The molecule has 18 heavy (non-hydrogen) atoms. The summed E-state index contributed by atoms with van der Waals surface area (Å²) in [4.78, 5) is 18.5. The third-order valence-corrected chi connectivity index (χ3v) is 4.12. The second-order valence-electron chi connectivity index (χ2n) is 4.93. The van der Waals surface area contributed by atoms with Gasteiger partial charge in [0.25, 0.3) is 0 Å². The number of thiazole rings is 1. The zero-order valence-corrected chi connectivity index (χ0v) is 11.1. The Bertz CT molecular complexity index is 423. The van der Waals surface area contributed by atoms with Crippen LogP contribution in [0.25, 0.3) is 0 Å². The molecule has 2 heterocycles. The Kier molecular flexibility index (Phi) is 3.58. The van der Waals surface area contributed by atoms with Crippen LogP contribution in [0.3, 0.4) is 0 Å². The second kappa shape index (κ2) is 5.34. The SMILES string of the molecule is O=C(CN1CCNCC1)Nc1nc(C2CC2)cs1. The molecule has 2 fully saturated rings. The summed E-state index contributed by atoms with van der Waals surface area (Å²) in [5.41, 5.74) is 1.15. The number of carbonyl (C=O) groups excluding carboxylic acids is 1. The summed E-state index contributed by atoms with van der Waals surface area (Å²) in [5, 5.41) is 8.99. The summed E-state index contributed by atoms with van der Waals surface area (Å²) in [7, 11) is 0. The van der Waals surface area contributed by atoms with Crippen molar-refractivity contribution >= 4 is 22.4 Å². The standard InChI is InChI=1S/C12H18N4OS/c17-11(7-16-5-3-13-4-6-16)15-12-14-10(8-18-12)9-1-2-9/h8-9,13H,1-7H2,(H,14,15,17). The van der Waals surface area contributed by atoms with E-state index in [-0.39, 0.29) is 5.91 Å². The number of aromatic nitrogens is 1. The lowest BCUT2D eigenvalue weighted by atomic mass is 10.3. The molecule has 0 aromatic carbocycles. The van der Waals surface area contributed by atoms with Crippen molar-refractivity contribution in [1.82, 2.24) is 15.2 Å². The predicted octanol–water partition coefficient (Wildman–Crippen LogP) is 0.864. The molecule has 2 aliphatic rings. The molecule has 1 aliphatic carbocycles. The zero-order chi connectivity index (χ0) is 12.4. The molecule has 1 saturated heterocycles. The van der Waals surface area contributed by atoms with Gasteiger partial charge in [0.2, 0.25) is 5.91 Å². The fraction of sp³-hybridized carbons (Fsp3) is 0.667. The van der Waals surface area contributed by atoms with Gasteiger partial charge in [-0.15, -0.1) is 11.3 Å². The molecule has 5 nitrogen and oxygen atoms in total. The maximum atomic E-state index is 11.9. The van der Waals surface area contributed by atoms with Crippen LogP contribution in [0.1, 0.15) is 24.5 Å². The summed E-state index contributed by atoms with van der Waals surface area (Å²) in [6.07, 6.45) is 2.50. The number of hydrogen-bond acceptors (Lipinski definition) is 5. The first kappa shape index (κ1) is 12.1. The van der Waals surface area contributed by atoms with Crippen molar-refractivity contribution < 1.29 is 4.79 Å². The molecule has 0 spiro atoms. The molecule has 0 unspecified atom stereocenters.